The number of imidazole rings is 1. The molecule has 0 spiro atoms. The number of hydrogen-bond donors (Lipinski definition) is 1. The van der Waals surface area contributed by atoms with E-state index in [1.165, 1.54) is 6.42 Å². The summed E-state index contributed by atoms with van der Waals surface area (Å²) in [6.07, 6.45) is 8.91. The summed E-state index contributed by atoms with van der Waals surface area (Å²) in [4.78, 5) is 24.4. The smallest absolute Gasteiger partial charge is 0.254 e. The lowest BCUT2D eigenvalue weighted by Gasteiger charge is -2.05. The van der Waals surface area contributed by atoms with Gasteiger partial charge in [0.05, 0.1) is 5.69 Å². The van der Waals surface area contributed by atoms with Crippen molar-refractivity contribution in [3.8, 4) is 11.5 Å². The molecule has 0 radical (unpaired) electrons. The third kappa shape index (κ3) is 2.14. The first-order chi connectivity index (χ1) is 10.3. The second-order valence-electron chi connectivity index (χ2n) is 5.49. The zero-order valence-electron chi connectivity index (χ0n) is 11.7. The summed E-state index contributed by atoms with van der Waals surface area (Å²) in [5.41, 5.74) is 3.37. The van der Waals surface area contributed by atoms with E-state index in [1.54, 1.807) is 0 Å². The maximum atomic E-state index is 12.3. The van der Waals surface area contributed by atoms with E-state index < -0.39 is 0 Å². The van der Waals surface area contributed by atoms with Gasteiger partial charge < -0.3 is 9.38 Å². The summed E-state index contributed by atoms with van der Waals surface area (Å²) >= 11 is 0. The van der Waals surface area contributed by atoms with E-state index in [4.69, 9.17) is 0 Å². The van der Waals surface area contributed by atoms with E-state index >= 15 is 0 Å². The second kappa shape index (κ2) is 4.84. The van der Waals surface area contributed by atoms with E-state index in [9.17, 15) is 4.79 Å². The summed E-state index contributed by atoms with van der Waals surface area (Å²) < 4.78 is 1.93. The van der Waals surface area contributed by atoms with Crippen molar-refractivity contribution in [1.82, 2.24) is 19.4 Å². The molecule has 0 amide bonds. The largest absolute Gasteiger partial charge is 0.306 e. The molecule has 0 aromatic carbocycles. The molecule has 0 unspecified atom stereocenters. The monoisotopic (exact) mass is 280 g/mol. The van der Waals surface area contributed by atoms with Crippen molar-refractivity contribution in [2.45, 2.75) is 32.1 Å². The highest BCUT2D eigenvalue weighted by Gasteiger charge is 2.16. The second-order valence-corrected chi connectivity index (χ2v) is 5.49. The van der Waals surface area contributed by atoms with Gasteiger partial charge in [0.1, 0.15) is 11.3 Å². The van der Waals surface area contributed by atoms with Gasteiger partial charge in [-0.3, -0.25) is 4.79 Å². The number of aromatic nitrogens is 4. The summed E-state index contributed by atoms with van der Waals surface area (Å²) in [6.45, 7) is 0. The van der Waals surface area contributed by atoms with Crippen molar-refractivity contribution < 1.29 is 0 Å². The van der Waals surface area contributed by atoms with E-state index in [0.29, 0.717) is 11.5 Å². The molecular formula is C16H16N4O. The molecule has 0 bridgehead atoms. The number of H-pyrrole nitrogens is 1. The van der Waals surface area contributed by atoms with Crippen LogP contribution in [0.5, 0.6) is 0 Å². The first-order valence-electron chi connectivity index (χ1n) is 7.37. The lowest BCUT2D eigenvalue weighted by Crippen LogP contribution is -2.18. The minimum absolute atomic E-state index is 0.00560. The quantitative estimate of drug-likeness (QED) is 0.696. The fourth-order valence-electron chi connectivity index (χ4n) is 2.95. The molecule has 5 heteroatoms. The Labute approximate surface area is 121 Å². The number of nitrogens with one attached hydrogen (secondary N) is 1. The Bertz CT molecular complexity index is 829. The van der Waals surface area contributed by atoms with Crippen LogP contribution in [0.25, 0.3) is 17.2 Å². The van der Waals surface area contributed by atoms with E-state index in [-0.39, 0.29) is 5.56 Å². The minimum Gasteiger partial charge on any atom is -0.306 e. The van der Waals surface area contributed by atoms with Crippen LogP contribution in [0.1, 0.15) is 30.5 Å². The third-order valence-electron chi connectivity index (χ3n) is 4.05. The predicted octanol–water partition coefficient (Wildman–Crippen LogP) is 2.35. The molecule has 5 nitrogen and oxygen atoms in total. The standard InChI is InChI=1S/C16H16N4O/c21-16-11-6-2-1-3-7-12(11)18-15(19-16)13-10-20-9-5-4-8-14(20)17-13/h4-5,8-10H,1-3,6-7H2,(H,18,19,21). The van der Waals surface area contributed by atoms with Gasteiger partial charge in [-0.2, -0.15) is 0 Å². The average Bonchev–Trinajstić information content (AvgIpc) is 2.78. The average molecular weight is 280 g/mol. The van der Waals surface area contributed by atoms with Gasteiger partial charge in [-0.05, 0) is 37.8 Å². The van der Waals surface area contributed by atoms with Gasteiger partial charge in [0.15, 0.2) is 5.82 Å². The molecule has 0 fully saturated rings. The van der Waals surface area contributed by atoms with Crippen LogP contribution in [-0.2, 0) is 12.8 Å². The molecule has 0 saturated carbocycles. The van der Waals surface area contributed by atoms with Crippen molar-refractivity contribution in [3.05, 3.63) is 52.2 Å². The number of aryl methyl sites for hydroxylation is 1. The maximum absolute atomic E-state index is 12.3. The Morgan fingerprint density at radius 1 is 1.10 bits per heavy atom. The molecular weight excluding hydrogens is 264 g/mol. The van der Waals surface area contributed by atoms with Crippen molar-refractivity contribution in [2.75, 3.05) is 0 Å². The van der Waals surface area contributed by atoms with E-state index in [2.05, 4.69) is 15.0 Å². The van der Waals surface area contributed by atoms with Gasteiger partial charge in [-0.1, -0.05) is 12.5 Å². The minimum atomic E-state index is -0.00560. The van der Waals surface area contributed by atoms with Crippen LogP contribution in [0.15, 0.2) is 35.4 Å². The highest BCUT2D eigenvalue weighted by Crippen LogP contribution is 2.19. The number of aromatic amines is 1. The van der Waals surface area contributed by atoms with Crippen LogP contribution in [0.4, 0.5) is 0 Å². The molecule has 3 aromatic rings. The Balaban J connectivity index is 1.86. The number of pyridine rings is 1. The fourth-order valence-corrected chi connectivity index (χ4v) is 2.95. The fraction of sp³-hybridized carbons (Fsp3) is 0.312. The SMILES string of the molecule is O=c1[nH]c(-c2cn3ccccc3n2)nc2c1CCCCC2. The summed E-state index contributed by atoms with van der Waals surface area (Å²) in [6, 6.07) is 5.83. The molecule has 4 rings (SSSR count). The van der Waals surface area contributed by atoms with Gasteiger partial charge in [0, 0.05) is 18.0 Å². The Hall–Kier alpha value is -2.43. The Morgan fingerprint density at radius 2 is 2.00 bits per heavy atom. The zero-order chi connectivity index (χ0) is 14.2. The highest BCUT2D eigenvalue weighted by molar-refractivity contribution is 5.55. The van der Waals surface area contributed by atoms with Crippen molar-refractivity contribution in [2.24, 2.45) is 0 Å². The number of fused-ring (bicyclic) bond motifs is 2. The van der Waals surface area contributed by atoms with E-state index in [0.717, 1.165) is 42.6 Å². The van der Waals surface area contributed by atoms with Crippen LogP contribution < -0.4 is 5.56 Å². The molecule has 1 aliphatic rings. The van der Waals surface area contributed by atoms with Crippen LogP contribution in [-0.4, -0.2) is 19.4 Å². The van der Waals surface area contributed by atoms with Crippen LogP contribution >= 0.6 is 0 Å². The summed E-state index contributed by atoms with van der Waals surface area (Å²) in [5, 5.41) is 0. The van der Waals surface area contributed by atoms with Crippen LogP contribution in [0, 0.1) is 0 Å². The van der Waals surface area contributed by atoms with Crippen LogP contribution in [0.2, 0.25) is 0 Å². The molecule has 1 N–H and O–H groups in total. The Kier molecular flexibility index (Phi) is 2.84. The van der Waals surface area contributed by atoms with Crippen molar-refractivity contribution in [3.63, 3.8) is 0 Å². The molecule has 3 aromatic heterocycles. The Morgan fingerprint density at radius 3 is 2.90 bits per heavy atom. The number of rotatable bonds is 1. The highest BCUT2D eigenvalue weighted by atomic mass is 16.1. The normalized spacial score (nSPS) is 14.9. The topological polar surface area (TPSA) is 63.0 Å². The number of hydrogen-bond acceptors (Lipinski definition) is 3. The van der Waals surface area contributed by atoms with E-state index in [1.807, 2.05) is 35.0 Å². The molecule has 3 heterocycles. The van der Waals surface area contributed by atoms with Crippen molar-refractivity contribution in [1.29, 1.82) is 0 Å². The summed E-state index contributed by atoms with van der Waals surface area (Å²) in [5.74, 6) is 0.573. The van der Waals surface area contributed by atoms with Gasteiger partial charge in [-0.15, -0.1) is 0 Å². The van der Waals surface area contributed by atoms with Gasteiger partial charge in [-0.25, -0.2) is 9.97 Å². The molecule has 0 aliphatic heterocycles. The van der Waals surface area contributed by atoms with Crippen molar-refractivity contribution >= 4 is 5.65 Å². The predicted molar refractivity (Wildman–Crippen MR) is 80.3 cm³/mol. The summed E-state index contributed by atoms with van der Waals surface area (Å²) in [7, 11) is 0. The first-order valence-corrected chi connectivity index (χ1v) is 7.37. The zero-order valence-corrected chi connectivity index (χ0v) is 11.7. The molecule has 1 aliphatic carbocycles. The van der Waals surface area contributed by atoms with Gasteiger partial charge >= 0.3 is 0 Å². The molecule has 0 saturated heterocycles. The number of nitrogens with zero attached hydrogens (tertiary/aromatic N) is 3. The van der Waals surface area contributed by atoms with Gasteiger partial charge in [0.2, 0.25) is 0 Å². The maximum Gasteiger partial charge on any atom is 0.254 e. The van der Waals surface area contributed by atoms with Gasteiger partial charge in [0.25, 0.3) is 5.56 Å². The molecule has 0 atom stereocenters. The lowest BCUT2D eigenvalue weighted by atomic mass is 10.1. The van der Waals surface area contributed by atoms with Crippen LogP contribution in [0.3, 0.4) is 0 Å². The third-order valence-corrected chi connectivity index (χ3v) is 4.05. The first kappa shape index (κ1) is 12.3. The lowest BCUT2D eigenvalue weighted by molar-refractivity contribution is 0.708. The molecule has 106 valence electrons. The molecule has 21 heavy (non-hydrogen) atoms.